The van der Waals surface area contributed by atoms with Gasteiger partial charge in [0, 0.05) is 67.2 Å². The Morgan fingerprint density at radius 1 is 1.20 bits per heavy atom. The summed E-state index contributed by atoms with van der Waals surface area (Å²) in [6, 6.07) is 9.61. The Bertz CT molecular complexity index is 1440. The average Bonchev–Trinajstić information content (AvgIpc) is 2.97. The molecule has 41 heavy (non-hydrogen) atoms. The highest BCUT2D eigenvalue weighted by atomic mass is 35.5. The zero-order valence-electron chi connectivity index (χ0n) is 22.9. The summed E-state index contributed by atoms with van der Waals surface area (Å²) in [6.45, 7) is 5.31. The van der Waals surface area contributed by atoms with E-state index in [0.717, 1.165) is 18.8 Å². The van der Waals surface area contributed by atoms with Crippen LogP contribution in [-0.4, -0.2) is 89.2 Å². The van der Waals surface area contributed by atoms with Gasteiger partial charge in [-0.3, -0.25) is 19.5 Å². The van der Waals surface area contributed by atoms with Gasteiger partial charge in [-0.05, 0) is 37.4 Å². The van der Waals surface area contributed by atoms with E-state index in [2.05, 4.69) is 25.1 Å². The van der Waals surface area contributed by atoms with Crippen molar-refractivity contribution in [1.29, 1.82) is 0 Å². The van der Waals surface area contributed by atoms with Gasteiger partial charge >= 0.3 is 5.97 Å². The standard InChI is InChI=1S/C29H32ClFN6O4/c1-18(29(39)40)25-17-36(10-9-35(25)2)8-6-28(38)34-27-14-20(5-7-32-27)37-11-12-41-26-16-33-23(15-24(26)37)21-13-19(30)3-4-22(21)31/h3-5,7,13-16,18,25H,6,8-12,17H2,1-2H3,(H,39,40)(H,32,34,38). The zero-order chi connectivity index (χ0) is 29.1. The Labute approximate surface area is 242 Å². The number of likely N-dealkylation sites (N-methyl/N-ethyl adjacent to an activating group) is 1. The number of nitrogens with one attached hydrogen (secondary N) is 1. The second-order valence-electron chi connectivity index (χ2n) is 10.3. The van der Waals surface area contributed by atoms with E-state index >= 15 is 0 Å². The molecule has 2 unspecified atom stereocenters. The molecule has 2 N–H and O–H groups in total. The third-order valence-corrected chi connectivity index (χ3v) is 7.87. The third kappa shape index (κ3) is 6.58. The molecule has 216 valence electrons. The molecule has 0 bridgehead atoms. The molecular formula is C29H32ClFN6O4. The maximum atomic E-state index is 14.5. The molecule has 2 aliphatic rings. The van der Waals surface area contributed by atoms with Gasteiger partial charge in [0.2, 0.25) is 5.91 Å². The van der Waals surface area contributed by atoms with E-state index in [1.165, 1.54) is 18.2 Å². The summed E-state index contributed by atoms with van der Waals surface area (Å²) in [5.74, 6) is -0.951. The van der Waals surface area contributed by atoms with E-state index in [4.69, 9.17) is 16.3 Å². The van der Waals surface area contributed by atoms with Crippen molar-refractivity contribution in [1.82, 2.24) is 19.8 Å². The normalized spacial score (nSPS) is 18.3. The summed E-state index contributed by atoms with van der Waals surface area (Å²) in [4.78, 5) is 39.2. The highest BCUT2D eigenvalue weighted by Gasteiger charge is 2.32. The number of piperazine rings is 1. The van der Waals surface area contributed by atoms with Gasteiger partial charge in [-0.15, -0.1) is 0 Å². The summed E-state index contributed by atoms with van der Waals surface area (Å²) < 4.78 is 20.3. The van der Waals surface area contributed by atoms with Crippen LogP contribution in [0.15, 0.2) is 48.8 Å². The molecular weight excluding hydrogens is 551 g/mol. The van der Waals surface area contributed by atoms with Crippen molar-refractivity contribution in [3.8, 4) is 17.0 Å². The molecule has 12 heteroatoms. The first kappa shape index (κ1) is 28.7. The fourth-order valence-corrected chi connectivity index (χ4v) is 5.39. The van der Waals surface area contributed by atoms with Gasteiger partial charge in [-0.1, -0.05) is 18.5 Å². The van der Waals surface area contributed by atoms with E-state index in [-0.39, 0.29) is 23.9 Å². The van der Waals surface area contributed by atoms with Gasteiger partial charge < -0.3 is 25.0 Å². The predicted molar refractivity (Wildman–Crippen MR) is 154 cm³/mol. The zero-order valence-corrected chi connectivity index (χ0v) is 23.6. The minimum atomic E-state index is -0.820. The number of anilines is 3. The molecule has 1 amide bonds. The number of hydrogen-bond acceptors (Lipinski definition) is 8. The lowest BCUT2D eigenvalue weighted by atomic mass is 9.98. The van der Waals surface area contributed by atoms with E-state index in [9.17, 15) is 19.1 Å². The summed E-state index contributed by atoms with van der Waals surface area (Å²) in [7, 11) is 1.94. The Balaban J connectivity index is 1.26. The second-order valence-corrected chi connectivity index (χ2v) is 10.8. The molecule has 1 fully saturated rings. The van der Waals surface area contributed by atoms with Crippen LogP contribution in [0, 0.1) is 11.7 Å². The monoisotopic (exact) mass is 582 g/mol. The first-order valence-corrected chi connectivity index (χ1v) is 13.8. The van der Waals surface area contributed by atoms with Crippen LogP contribution in [0.4, 0.5) is 21.6 Å². The van der Waals surface area contributed by atoms with Gasteiger partial charge in [0.1, 0.15) is 18.2 Å². The number of benzene rings is 1. The van der Waals surface area contributed by atoms with Gasteiger partial charge in [-0.25, -0.2) is 9.37 Å². The van der Waals surface area contributed by atoms with Crippen molar-refractivity contribution in [3.05, 3.63) is 59.6 Å². The lowest BCUT2D eigenvalue weighted by Crippen LogP contribution is -2.55. The smallest absolute Gasteiger partial charge is 0.307 e. The number of carbonyl (C=O) groups excluding carboxylic acids is 1. The largest absolute Gasteiger partial charge is 0.488 e. The van der Waals surface area contributed by atoms with E-state index in [1.54, 1.807) is 31.5 Å². The Morgan fingerprint density at radius 2 is 2.02 bits per heavy atom. The van der Waals surface area contributed by atoms with Crippen molar-refractivity contribution < 1.29 is 23.8 Å². The van der Waals surface area contributed by atoms with Crippen molar-refractivity contribution in [2.24, 2.45) is 5.92 Å². The molecule has 0 spiro atoms. The van der Waals surface area contributed by atoms with Crippen LogP contribution in [-0.2, 0) is 9.59 Å². The van der Waals surface area contributed by atoms with Crippen LogP contribution in [0.5, 0.6) is 5.75 Å². The summed E-state index contributed by atoms with van der Waals surface area (Å²) in [5, 5.41) is 12.7. The maximum absolute atomic E-state index is 14.5. The highest BCUT2D eigenvalue weighted by Crippen LogP contribution is 2.39. The number of fused-ring (bicyclic) bond motifs is 1. The van der Waals surface area contributed by atoms with Crippen molar-refractivity contribution in [2.45, 2.75) is 19.4 Å². The van der Waals surface area contributed by atoms with Crippen LogP contribution in [0.25, 0.3) is 11.3 Å². The molecule has 2 aromatic heterocycles. The number of rotatable bonds is 8. The van der Waals surface area contributed by atoms with Gasteiger partial charge in [0.25, 0.3) is 0 Å². The van der Waals surface area contributed by atoms with Gasteiger partial charge in [-0.2, -0.15) is 0 Å². The first-order valence-electron chi connectivity index (χ1n) is 13.5. The third-order valence-electron chi connectivity index (χ3n) is 7.64. The molecule has 5 rings (SSSR count). The van der Waals surface area contributed by atoms with Crippen molar-refractivity contribution in [3.63, 3.8) is 0 Å². The summed E-state index contributed by atoms with van der Waals surface area (Å²) >= 11 is 6.10. The minimum absolute atomic E-state index is 0.106. The number of aliphatic carboxylic acids is 1. The lowest BCUT2D eigenvalue weighted by Gasteiger charge is -2.41. The summed E-state index contributed by atoms with van der Waals surface area (Å²) in [5.41, 5.74) is 2.21. The lowest BCUT2D eigenvalue weighted by molar-refractivity contribution is -0.144. The molecule has 0 aliphatic carbocycles. The van der Waals surface area contributed by atoms with Crippen molar-refractivity contribution in [2.75, 3.05) is 56.6 Å². The fraction of sp³-hybridized carbons (Fsp3) is 0.379. The Kier molecular flexibility index (Phi) is 8.67. The topological polar surface area (TPSA) is 111 Å². The molecule has 1 aromatic carbocycles. The van der Waals surface area contributed by atoms with Gasteiger partial charge in [0.05, 0.1) is 30.0 Å². The summed E-state index contributed by atoms with van der Waals surface area (Å²) in [6.07, 6.45) is 3.45. The molecule has 0 saturated carbocycles. The Morgan fingerprint density at radius 3 is 2.83 bits per heavy atom. The molecule has 3 aromatic rings. The number of carbonyl (C=O) groups is 2. The molecule has 4 heterocycles. The van der Waals surface area contributed by atoms with E-state index in [0.29, 0.717) is 54.2 Å². The second kappa shape index (κ2) is 12.4. The fourth-order valence-electron chi connectivity index (χ4n) is 5.22. The van der Waals surface area contributed by atoms with Crippen LogP contribution >= 0.6 is 11.6 Å². The van der Waals surface area contributed by atoms with Crippen LogP contribution in [0.2, 0.25) is 5.02 Å². The van der Waals surface area contributed by atoms with E-state index in [1.807, 2.05) is 18.0 Å². The number of nitrogens with zero attached hydrogens (tertiary/aromatic N) is 5. The number of pyridine rings is 2. The average molecular weight is 583 g/mol. The number of carboxylic acid groups (broad SMARTS) is 1. The van der Waals surface area contributed by atoms with Crippen LogP contribution in [0.1, 0.15) is 13.3 Å². The number of amides is 1. The Hall–Kier alpha value is -3.80. The van der Waals surface area contributed by atoms with Crippen LogP contribution < -0.4 is 15.0 Å². The number of halogens is 2. The van der Waals surface area contributed by atoms with Gasteiger partial charge in [0.15, 0.2) is 5.75 Å². The number of ether oxygens (including phenoxy) is 1. The quantitative estimate of drug-likeness (QED) is 0.405. The number of carboxylic acids is 1. The maximum Gasteiger partial charge on any atom is 0.307 e. The number of hydrogen-bond donors (Lipinski definition) is 2. The molecule has 10 nitrogen and oxygen atoms in total. The minimum Gasteiger partial charge on any atom is -0.488 e. The first-order chi connectivity index (χ1) is 19.7. The van der Waals surface area contributed by atoms with Crippen LogP contribution in [0.3, 0.4) is 0 Å². The highest BCUT2D eigenvalue weighted by molar-refractivity contribution is 6.30. The molecule has 0 radical (unpaired) electrons. The van der Waals surface area contributed by atoms with Crippen molar-refractivity contribution >= 4 is 40.7 Å². The number of aromatic nitrogens is 2. The molecule has 2 atom stereocenters. The molecule has 2 aliphatic heterocycles. The van der Waals surface area contributed by atoms with E-state index < -0.39 is 17.7 Å². The predicted octanol–water partition coefficient (Wildman–Crippen LogP) is 4.13. The SMILES string of the molecule is CC(C(=O)O)C1CN(CCC(=O)Nc2cc(N3CCOc4cnc(-c5cc(Cl)ccc5F)cc43)ccn2)CCN1C. The molecule has 1 saturated heterocycles.